The largest absolute Gasteiger partial charge is 0.482 e. The highest BCUT2D eigenvalue weighted by Crippen LogP contribution is 2.30. The van der Waals surface area contributed by atoms with Crippen molar-refractivity contribution >= 4 is 27.3 Å². The van der Waals surface area contributed by atoms with Gasteiger partial charge in [0.2, 0.25) is 0 Å². The van der Waals surface area contributed by atoms with E-state index in [1.807, 2.05) is 12.1 Å². The number of rotatable bonds is 6. The number of nitrogens with one attached hydrogen (secondary N) is 2. The summed E-state index contributed by atoms with van der Waals surface area (Å²) >= 11 is 0. The van der Waals surface area contributed by atoms with Crippen LogP contribution in [0.3, 0.4) is 0 Å². The second kappa shape index (κ2) is 7.14. The molecular weight excluding hydrogens is 340 g/mol. The Morgan fingerprint density at radius 1 is 1.16 bits per heavy atom. The number of amides is 1. The van der Waals surface area contributed by atoms with Crippen molar-refractivity contribution in [3.05, 3.63) is 48.0 Å². The van der Waals surface area contributed by atoms with Gasteiger partial charge in [0.25, 0.3) is 15.9 Å². The van der Waals surface area contributed by atoms with Crippen molar-refractivity contribution in [1.29, 1.82) is 0 Å². The molecule has 0 saturated carbocycles. The summed E-state index contributed by atoms with van der Waals surface area (Å²) in [5.41, 5.74) is 2.03. The number of carbonyl (C=O) groups is 1. The number of anilines is 2. The molecule has 0 aromatic heterocycles. The van der Waals surface area contributed by atoms with E-state index in [0.29, 0.717) is 17.1 Å². The third-order valence-electron chi connectivity index (χ3n) is 3.92. The third kappa shape index (κ3) is 4.11. The van der Waals surface area contributed by atoms with Gasteiger partial charge in [0.15, 0.2) is 6.61 Å². The molecule has 3 rings (SSSR count). The van der Waals surface area contributed by atoms with Crippen LogP contribution in [0.25, 0.3) is 0 Å². The average molecular weight is 360 g/mol. The van der Waals surface area contributed by atoms with Gasteiger partial charge in [-0.25, -0.2) is 8.42 Å². The molecule has 0 atom stereocenters. The van der Waals surface area contributed by atoms with E-state index in [9.17, 15) is 13.2 Å². The number of carbonyl (C=O) groups excluding carboxylic acids is 1. The minimum Gasteiger partial charge on any atom is -0.482 e. The molecule has 6 nitrogen and oxygen atoms in total. The van der Waals surface area contributed by atoms with E-state index in [4.69, 9.17) is 4.74 Å². The molecule has 132 valence electrons. The lowest BCUT2D eigenvalue weighted by Crippen LogP contribution is -2.25. The summed E-state index contributed by atoms with van der Waals surface area (Å²) in [6.45, 7) is 2.07. The third-order valence-corrected chi connectivity index (χ3v) is 5.30. The molecule has 1 amide bonds. The van der Waals surface area contributed by atoms with Gasteiger partial charge in [0.1, 0.15) is 5.75 Å². The summed E-state index contributed by atoms with van der Waals surface area (Å²) in [4.78, 5) is 11.4. The van der Waals surface area contributed by atoms with E-state index in [0.717, 1.165) is 19.3 Å². The van der Waals surface area contributed by atoms with Gasteiger partial charge < -0.3 is 10.1 Å². The maximum absolute atomic E-state index is 12.6. The molecule has 0 fully saturated rings. The first-order valence-electron chi connectivity index (χ1n) is 8.16. The predicted molar refractivity (Wildman–Crippen MR) is 96.4 cm³/mol. The zero-order valence-electron chi connectivity index (χ0n) is 13.9. The molecule has 2 aromatic rings. The molecule has 0 aliphatic carbocycles. The Balaban J connectivity index is 1.78. The molecular formula is C18H20N2O4S. The maximum atomic E-state index is 12.6. The maximum Gasteiger partial charge on any atom is 0.262 e. The van der Waals surface area contributed by atoms with Crippen LogP contribution in [-0.4, -0.2) is 20.9 Å². The normalized spacial score (nSPS) is 13.6. The van der Waals surface area contributed by atoms with Gasteiger partial charge in [-0.2, -0.15) is 0 Å². The number of sulfonamides is 1. The Labute approximate surface area is 147 Å². The molecule has 1 aliphatic heterocycles. The van der Waals surface area contributed by atoms with Crippen LogP contribution < -0.4 is 14.8 Å². The highest BCUT2D eigenvalue weighted by atomic mass is 32.2. The molecule has 25 heavy (non-hydrogen) atoms. The summed E-state index contributed by atoms with van der Waals surface area (Å²) in [5, 5.41) is 2.61. The van der Waals surface area contributed by atoms with E-state index in [1.54, 1.807) is 12.1 Å². The molecule has 2 N–H and O–H groups in total. The SMILES string of the molecule is CCCCc1ccc(NS(=O)(=O)c2ccc3c(c2)NC(=O)CO3)cc1. The molecule has 2 aromatic carbocycles. The predicted octanol–water partition coefficient (Wildman–Crippen LogP) is 3.16. The van der Waals surface area contributed by atoms with Crippen LogP contribution in [-0.2, 0) is 21.2 Å². The van der Waals surface area contributed by atoms with Gasteiger partial charge in [-0.15, -0.1) is 0 Å². The summed E-state index contributed by atoms with van der Waals surface area (Å²) in [6.07, 6.45) is 3.20. The average Bonchev–Trinajstić information content (AvgIpc) is 2.60. The van der Waals surface area contributed by atoms with E-state index >= 15 is 0 Å². The number of unbranched alkanes of at least 4 members (excludes halogenated alkanes) is 1. The van der Waals surface area contributed by atoms with Crippen molar-refractivity contribution in [2.24, 2.45) is 0 Å². The fourth-order valence-electron chi connectivity index (χ4n) is 2.56. The van der Waals surface area contributed by atoms with Crippen LogP contribution >= 0.6 is 0 Å². The van der Waals surface area contributed by atoms with Gasteiger partial charge in [0.05, 0.1) is 10.6 Å². The zero-order chi connectivity index (χ0) is 17.9. The molecule has 0 spiro atoms. The standard InChI is InChI=1S/C18H20N2O4S/c1-2-3-4-13-5-7-14(8-6-13)20-25(22,23)15-9-10-17-16(11-15)19-18(21)12-24-17/h5-11,20H,2-4,12H2,1H3,(H,19,21). The first kappa shape index (κ1) is 17.3. The monoisotopic (exact) mass is 360 g/mol. The van der Waals surface area contributed by atoms with Crippen molar-refractivity contribution in [3.63, 3.8) is 0 Å². The van der Waals surface area contributed by atoms with Gasteiger partial charge in [-0.1, -0.05) is 25.5 Å². The van der Waals surface area contributed by atoms with E-state index in [2.05, 4.69) is 17.0 Å². The summed E-state index contributed by atoms with van der Waals surface area (Å²) < 4.78 is 32.9. The number of fused-ring (bicyclic) bond motifs is 1. The minimum atomic E-state index is -3.75. The summed E-state index contributed by atoms with van der Waals surface area (Å²) in [5.74, 6) is 0.150. The second-order valence-electron chi connectivity index (χ2n) is 5.90. The fourth-order valence-corrected chi connectivity index (χ4v) is 3.65. The number of hydrogen-bond donors (Lipinski definition) is 2. The summed E-state index contributed by atoms with van der Waals surface area (Å²) in [7, 11) is -3.75. The lowest BCUT2D eigenvalue weighted by Gasteiger charge is -2.18. The Morgan fingerprint density at radius 3 is 2.64 bits per heavy atom. The Bertz CT molecular complexity index is 876. The minimum absolute atomic E-state index is 0.0621. The zero-order valence-corrected chi connectivity index (χ0v) is 14.7. The lowest BCUT2D eigenvalue weighted by molar-refractivity contribution is -0.118. The Hall–Kier alpha value is -2.54. The van der Waals surface area contributed by atoms with Crippen LogP contribution in [0.4, 0.5) is 11.4 Å². The molecule has 0 bridgehead atoms. The molecule has 0 saturated heterocycles. The Morgan fingerprint density at radius 2 is 1.92 bits per heavy atom. The number of aryl methyl sites for hydroxylation is 1. The number of benzene rings is 2. The van der Waals surface area contributed by atoms with Gasteiger partial charge in [-0.3, -0.25) is 9.52 Å². The van der Waals surface area contributed by atoms with E-state index < -0.39 is 10.0 Å². The van der Waals surface area contributed by atoms with Crippen LogP contribution in [0, 0.1) is 0 Å². The summed E-state index contributed by atoms with van der Waals surface area (Å²) in [6, 6.07) is 11.7. The van der Waals surface area contributed by atoms with Crippen molar-refractivity contribution < 1.29 is 17.9 Å². The van der Waals surface area contributed by atoms with Crippen LogP contribution in [0.15, 0.2) is 47.4 Å². The van der Waals surface area contributed by atoms with Crippen molar-refractivity contribution in [2.45, 2.75) is 31.1 Å². The first-order chi connectivity index (χ1) is 12.0. The second-order valence-corrected chi connectivity index (χ2v) is 7.58. The molecule has 0 unspecified atom stereocenters. The molecule has 0 radical (unpaired) electrons. The molecule has 7 heteroatoms. The molecule has 1 heterocycles. The van der Waals surface area contributed by atoms with Gasteiger partial charge >= 0.3 is 0 Å². The lowest BCUT2D eigenvalue weighted by atomic mass is 10.1. The van der Waals surface area contributed by atoms with E-state index in [-0.39, 0.29) is 17.4 Å². The van der Waals surface area contributed by atoms with Crippen LogP contribution in [0.1, 0.15) is 25.3 Å². The smallest absolute Gasteiger partial charge is 0.262 e. The Kier molecular flexibility index (Phi) is 4.94. The highest BCUT2D eigenvalue weighted by Gasteiger charge is 2.21. The van der Waals surface area contributed by atoms with Crippen molar-refractivity contribution in [3.8, 4) is 5.75 Å². The number of hydrogen-bond acceptors (Lipinski definition) is 4. The van der Waals surface area contributed by atoms with Crippen LogP contribution in [0.5, 0.6) is 5.75 Å². The number of ether oxygens (including phenoxy) is 1. The van der Waals surface area contributed by atoms with E-state index in [1.165, 1.54) is 23.8 Å². The first-order valence-corrected chi connectivity index (χ1v) is 9.65. The topological polar surface area (TPSA) is 84.5 Å². The van der Waals surface area contributed by atoms with Crippen molar-refractivity contribution in [1.82, 2.24) is 0 Å². The van der Waals surface area contributed by atoms with Crippen LogP contribution in [0.2, 0.25) is 0 Å². The van der Waals surface area contributed by atoms with Gasteiger partial charge in [0, 0.05) is 5.69 Å². The van der Waals surface area contributed by atoms with Gasteiger partial charge in [-0.05, 0) is 48.7 Å². The molecule has 1 aliphatic rings. The van der Waals surface area contributed by atoms with Crippen molar-refractivity contribution in [2.75, 3.05) is 16.6 Å². The fraction of sp³-hybridized carbons (Fsp3) is 0.278. The highest BCUT2D eigenvalue weighted by molar-refractivity contribution is 7.92. The quantitative estimate of drug-likeness (QED) is 0.829.